The second-order valence-corrected chi connectivity index (χ2v) is 6.00. The lowest BCUT2D eigenvalue weighted by atomic mass is 10.0. The van der Waals surface area contributed by atoms with Crippen molar-refractivity contribution in [2.45, 2.75) is 6.18 Å². The summed E-state index contributed by atoms with van der Waals surface area (Å²) in [6.07, 6.45) is -4.97. The highest BCUT2D eigenvalue weighted by Gasteiger charge is 2.36. The minimum Gasteiger partial charge on any atom is -0.465 e. The summed E-state index contributed by atoms with van der Waals surface area (Å²) < 4.78 is 63.7. The smallest absolute Gasteiger partial charge is 0.419 e. The van der Waals surface area contributed by atoms with Gasteiger partial charge in [0, 0.05) is 5.56 Å². The molecule has 3 aromatic rings. The number of carbonyl (C=O) groups excluding carboxylic acids is 2. The van der Waals surface area contributed by atoms with E-state index in [1.807, 2.05) is 0 Å². The van der Waals surface area contributed by atoms with Crippen LogP contribution in [-0.2, 0) is 15.7 Å². The molecular weight excluding hydrogens is 408 g/mol. The van der Waals surface area contributed by atoms with Crippen molar-refractivity contribution in [3.05, 3.63) is 71.2 Å². The van der Waals surface area contributed by atoms with Gasteiger partial charge in [0.2, 0.25) is 0 Å². The number of ether oxygens (including phenoxy) is 2. The highest BCUT2D eigenvalue weighted by atomic mass is 19.4. The predicted octanol–water partition coefficient (Wildman–Crippen LogP) is 4.27. The van der Waals surface area contributed by atoms with E-state index in [0.29, 0.717) is 17.8 Å². The van der Waals surface area contributed by atoms with Crippen molar-refractivity contribution in [3.8, 4) is 16.9 Å². The summed E-state index contributed by atoms with van der Waals surface area (Å²) in [5.74, 6) is -3.47. The molecule has 10 heteroatoms. The second kappa shape index (κ2) is 7.97. The maximum Gasteiger partial charge on any atom is 0.419 e. The van der Waals surface area contributed by atoms with Gasteiger partial charge >= 0.3 is 18.1 Å². The summed E-state index contributed by atoms with van der Waals surface area (Å²) >= 11 is 0. The number of benzene rings is 2. The van der Waals surface area contributed by atoms with E-state index in [9.17, 15) is 27.2 Å². The van der Waals surface area contributed by atoms with Gasteiger partial charge in [-0.05, 0) is 30.3 Å². The average Bonchev–Trinajstić information content (AvgIpc) is 3.13. The lowest BCUT2D eigenvalue weighted by Crippen LogP contribution is -2.15. The third-order valence-corrected chi connectivity index (χ3v) is 4.20. The molecule has 0 aliphatic rings. The molecule has 3 rings (SSSR count). The fourth-order valence-electron chi connectivity index (χ4n) is 2.85. The maximum atomic E-state index is 13.7. The third-order valence-electron chi connectivity index (χ3n) is 4.20. The van der Waals surface area contributed by atoms with Crippen LogP contribution in [0.4, 0.5) is 17.6 Å². The first kappa shape index (κ1) is 21.0. The third kappa shape index (κ3) is 3.76. The quantitative estimate of drug-likeness (QED) is 0.464. The van der Waals surface area contributed by atoms with E-state index in [1.54, 1.807) is 30.3 Å². The average molecular weight is 422 g/mol. The molecule has 6 nitrogen and oxygen atoms in total. The minimum atomic E-state index is -4.97. The molecular formula is C20H14F4N2O4. The van der Waals surface area contributed by atoms with Crippen LogP contribution in [0.15, 0.2) is 48.5 Å². The Balaban J connectivity index is 2.37. The Morgan fingerprint density at radius 1 is 0.967 bits per heavy atom. The van der Waals surface area contributed by atoms with E-state index in [-0.39, 0.29) is 17.0 Å². The van der Waals surface area contributed by atoms with E-state index in [1.165, 1.54) is 0 Å². The molecule has 0 aliphatic heterocycles. The van der Waals surface area contributed by atoms with Crippen LogP contribution >= 0.6 is 0 Å². The van der Waals surface area contributed by atoms with Crippen molar-refractivity contribution in [2.75, 3.05) is 14.2 Å². The van der Waals surface area contributed by atoms with Crippen LogP contribution in [0, 0.1) is 5.82 Å². The molecule has 0 saturated heterocycles. The van der Waals surface area contributed by atoms with Gasteiger partial charge in [0.25, 0.3) is 0 Å². The van der Waals surface area contributed by atoms with Gasteiger partial charge in [0.15, 0.2) is 5.69 Å². The van der Waals surface area contributed by atoms with E-state index in [2.05, 4.69) is 5.10 Å². The molecule has 30 heavy (non-hydrogen) atoms. The van der Waals surface area contributed by atoms with Crippen molar-refractivity contribution >= 4 is 11.9 Å². The number of halogens is 4. The Bertz CT molecular complexity index is 1110. The molecule has 0 bridgehead atoms. The summed E-state index contributed by atoms with van der Waals surface area (Å²) in [7, 11) is 2.11. The molecule has 0 radical (unpaired) electrons. The standard InChI is InChI=1S/C20H14F4N2O4/c1-29-18(27)15-16(11-8-9-14(21)13(10-11)20(22,23)24)25-26(17(15)19(28)30-2)12-6-4-3-5-7-12/h3-10H,1-2H3. The first-order chi connectivity index (χ1) is 14.2. The van der Waals surface area contributed by atoms with Crippen molar-refractivity contribution in [1.29, 1.82) is 0 Å². The fraction of sp³-hybridized carbons (Fsp3) is 0.150. The van der Waals surface area contributed by atoms with E-state index >= 15 is 0 Å². The summed E-state index contributed by atoms with van der Waals surface area (Å²) in [5.41, 5.74) is -2.48. The number of nitrogens with zero attached hydrogens (tertiary/aromatic N) is 2. The number of methoxy groups -OCH3 is 2. The molecule has 0 saturated carbocycles. The van der Waals surface area contributed by atoms with Gasteiger partial charge in [0.1, 0.15) is 17.1 Å². The van der Waals surface area contributed by atoms with Crippen LogP contribution < -0.4 is 0 Å². The number of alkyl halides is 3. The molecule has 1 heterocycles. The number of aromatic nitrogens is 2. The summed E-state index contributed by atoms with van der Waals surface area (Å²) in [5, 5.41) is 4.17. The highest BCUT2D eigenvalue weighted by molar-refractivity contribution is 6.06. The van der Waals surface area contributed by atoms with E-state index < -0.39 is 35.1 Å². The maximum absolute atomic E-state index is 13.7. The van der Waals surface area contributed by atoms with Crippen molar-refractivity contribution in [3.63, 3.8) is 0 Å². The number of carbonyl (C=O) groups is 2. The van der Waals surface area contributed by atoms with Gasteiger partial charge in [-0.2, -0.15) is 18.3 Å². The Labute approximate surface area is 167 Å². The summed E-state index contributed by atoms with van der Waals surface area (Å²) in [6.45, 7) is 0. The van der Waals surface area contributed by atoms with Crippen LogP contribution in [0.3, 0.4) is 0 Å². The van der Waals surface area contributed by atoms with Crippen molar-refractivity contribution < 1.29 is 36.6 Å². The van der Waals surface area contributed by atoms with Gasteiger partial charge in [-0.1, -0.05) is 18.2 Å². The molecule has 0 amide bonds. The van der Waals surface area contributed by atoms with Crippen LogP contribution in [0.1, 0.15) is 26.4 Å². The topological polar surface area (TPSA) is 70.4 Å². The zero-order chi connectivity index (χ0) is 22.1. The number of rotatable bonds is 4. The Morgan fingerprint density at radius 2 is 1.60 bits per heavy atom. The summed E-state index contributed by atoms with van der Waals surface area (Å²) in [4.78, 5) is 24.9. The van der Waals surface area contributed by atoms with Crippen LogP contribution in [0.25, 0.3) is 16.9 Å². The number of hydrogen-bond acceptors (Lipinski definition) is 5. The largest absolute Gasteiger partial charge is 0.465 e. The van der Waals surface area contributed by atoms with Crippen molar-refractivity contribution in [1.82, 2.24) is 9.78 Å². The lowest BCUT2D eigenvalue weighted by molar-refractivity contribution is -0.139. The Kier molecular flexibility index (Phi) is 5.59. The van der Waals surface area contributed by atoms with Crippen LogP contribution in [0.5, 0.6) is 0 Å². The zero-order valence-corrected chi connectivity index (χ0v) is 15.7. The number of esters is 2. The van der Waals surface area contributed by atoms with Gasteiger partial charge < -0.3 is 9.47 Å². The van der Waals surface area contributed by atoms with Crippen LogP contribution in [-0.4, -0.2) is 35.9 Å². The number of para-hydroxylation sites is 1. The van der Waals surface area contributed by atoms with Gasteiger partial charge in [0.05, 0.1) is 25.5 Å². The molecule has 0 fully saturated rings. The second-order valence-electron chi connectivity index (χ2n) is 6.00. The monoisotopic (exact) mass is 422 g/mol. The highest BCUT2D eigenvalue weighted by Crippen LogP contribution is 2.36. The first-order valence-corrected chi connectivity index (χ1v) is 8.41. The normalized spacial score (nSPS) is 11.3. The molecule has 2 aromatic carbocycles. The zero-order valence-electron chi connectivity index (χ0n) is 15.7. The SMILES string of the molecule is COC(=O)c1c(-c2ccc(F)c(C(F)(F)F)c2)nn(-c2ccccc2)c1C(=O)OC. The predicted molar refractivity (Wildman–Crippen MR) is 96.6 cm³/mol. The number of hydrogen-bond donors (Lipinski definition) is 0. The minimum absolute atomic E-state index is 0.232. The molecule has 0 aliphatic carbocycles. The van der Waals surface area contributed by atoms with Gasteiger partial charge in [-0.3, -0.25) is 0 Å². The molecule has 1 aromatic heterocycles. The Hall–Kier alpha value is -3.69. The first-order valence-electron chi connectivity index (χ1n) is 8.41. The Morgan fingerprint density at radius 3 is 2.17 bits per heavy atom. The fourth-order valence-corrected chi connectivity index (χ4v) is 2.85. The van der Waals surface area contributed by atoms with Gasteiger partial charge in [-0.15, -0.1) is 0 Å². The lowest BCUT2D eigenvalue weighted by Gasteiger charge is -2.10. The van der Waals surface area contributed by atoms with E-state index in [0.717, 1.165) is 25.0 Å². The molecule has 156 valence electrons. The van der Waals surface area contributed by atoms with Crippen molar-refractivity contribution in [2.24, 2.45) is 0 Å². The van der Waals surface area contributed by atoms with Gasteiger partial charge in [-0.25, -0.2) is 18.7 Å². The molecule has 0 unspecified atom stereocenters. The molecule has 0 N–H and O–H groups in total. The van der Waals surface area contributed by atoms with E-state index in [4.69, 9.17) is 9.47 Å². The summed E-state index contributed by atoms with van der Waals surface area (Å²) in [6, 6.07) is 10.2. The molecule has 0 spiro atoms. The van der Waals surface area contributed by atoms with Crippen LogP contribution in [0.2, 0.25) is 0 Å². The molecule has 0 atom stereocenters.